The summed E-state index contributed by atoms with van der Waals surface area (Å²) >= 11 is 0. The van der Waals surface area contributed by atoms with Crippen LogP contribution < -0.4 is 4.74 Å². The molecule has 0 atom stereocenters. The van der Waals surface area contributed by atoms with Gasteiger partial charge in [0.05, 0.1) is 26.9 Å². The minimum Gasteiger partial charge on any atom is -0.481 e. The summed E-state index contributed by atoms with van der Waals surface area (Å²) in [5.41, 5.74) is 1.11. The summed E-state index contributed by atoms with van der Waals surface area (Å²) < 4.78 is 16.7. The van der Waals surface area contributed by atoms with Gasteiger partial charge in [-0.15, -0.1) is 0 Å². The molecule has 3 rings (SSSR count). The number of methoxy groups -OCH3 is 1. The lowest BCUT2D eigenvalue weighted by Gasteiger charge is -2.22. The quantitative estimate of drug-likeness (QED) is 0.802. The van der Waals surface area contributed by atoms with Crippen LogP contribution in [0, 0.1) is 0 Å². The average molecular weight is 250 g/mol. The van der Waals surface area contributed by atoms with Crippen molar-refractivity contribution < 1.29 is 14.2 Å². The van der Waals surface area contributed by atoms with Crippen molar-refractivity contribution in [1.29, 1.82) is 0 Å². The lowest BCUT2D eigenvalue weighted by atomic mass is 10.2. The second-order valence-corrected chi connectivity index (χ2v) is 4.74. The smallest absolute Gasteiger partial charge is 0.217 e. The molecule has 1 aromatic heterocycles. The standard InChI is InChI=1S/C13H18N2O3/c1-16-12-11(3-2-5-14-12)9-15-6-4-13(10-15)17-7-8-18-13/h2-3,5H,4,6-10H2,1H3. The maximum absolute atomic E-state index is 5.72. The predicted molar refractivity (Wildman–Crippen MR) is 65.3 cm³/mol. The number of hydrogen-bond acceptors (Lipinski definition) is 5. The Morgan fingerprint density at radius 2 is 2.28 bits per heavy atom. The molecule has 0 radical (unpaired) electrons. The van der Waals surface area contributed by atoms with Crippen LogP contribution in [0.1, 0.15) is 12.0 Å². The van der Waals surface area contributed by atoms with E-state index in [0.717, 1.165) is 31.6 Å². The van der Waals surface area contributed by atoms with E-state index in [4.69, 9.17) is 14.2 Å². The van der Waals surface area contributed by atoms with Crippen LogP contribution >= 0.6 is 0 Å². The van der Waals surface area contributed by atoms with Crippen LogP contribution in [0.15, 0.2) is 18.3 Å². The second-order valence-electron chi connectivity index (χ2n) is 4.74. The van der Waals surface area contributed by atoms with E-state index in [-0.39, 0.29) is 5.79 Å². The molecule has 0 saturated carbocycles. The van der Waals surface area contributed by atoms with Crippen LogP contribution in [0.3, 0.4) is 0 Å². The first kappa shape index (κ1) is 11.9. The van der Waals surface area contributed by atoms with E-state index in [9.17, 15) is 0 Å². The van der Waals surface area contributed by atoms with Gasteiger partial charge in [0.15, 0.2) is 5.79 Å². The number of nitrogens with zero attached hydrogens (tertiary/aromatic N) is 2. The van der Waals surface area contributed by atoms with Gasteiger partial charge in [0.1, 0.15) is 0 Å². The van der Waals surface area contributed by atoms with E-state index in [1.807, 2.05) is 12.1 Å². The van der Waals surface area contributed by atoms with Crippen LogP contribution in [0.5, 0.6) is 5.88 Å². The van der Waals surface area contributed by atoms with Gasteiger partial charge in [0.2, 0.25) is 5.88 Å². The Morgan fingerprint density at radius 3 is 3.06 bits per heavy atom. The summed E-state index contributed by atoms with van der Waals surface area (Å²) in [5.74, 6) is 0.349. The summed E-state index contributed by atoms with van der Waals surface area (Å²) in [6.07, 6.45) is 2.69. The highest BCUT2D eigenvalue weighted by Gasteiger charge is 2.43. The molecule has 1 spiro atoms. The zero-order chi connectivity index (χ0) is 12.4. The third-order valence-corrected chi connectivity index (χ3v) is 3.52. The van der Waals surface area contributed by atoms with Crippen LogP contribution in [0.4, 0.5) is 0 Å². The molecule has 0 aliphatic carbocycles. The predicted octanol–water partition coefficient (Wildman–Crippen LogP) is 1.04. The number of aromatic nitrogens is 1. The van der Waals surface area contributed by atoms with Crippen molar-refractivity contribution in [2.75, 3.05) is 33.4 Å². The Bertz CT molecular complexity index is 418. The van der Waals surface area contributed by atoms with Crippen molar-refractivity contribution in [2.45, 2.75) is 18.8 Å². The van der Waals surface area contributed by atoms with E-state index >= 15 is 0 Å². The molecular formula is C13H18N2O3. The molecule has 2 saturated heterocycles. The lowest BCUT2D eigenvalue weighted by Crippen LogP contribution is -2.34. The molecule has 0 aromatic carbocycles. The van der Waals surface area contributed by atoms with Crippen molar-refractivity contribution in [1.82, 2.24) is 9.88 Å². The lowest BCUT2D eigenvalue weighted by molar-refractivity contribution is -0.145. The van der Waals surface area contributed by atoms with Gasteiger partial charge in [-0.2, -0.15) is 0 Å². The Balaban J connectivity index is 1.67. The third-order valence-electron chi connectivity index (χ3n) is 3.52. The Kier molecular flexibility index (Phi) is 3.20. The largest absolute Gasteiger partial charge is 0.481 e. The summed E-state index contributed by atoms with van der Waals surface area (Å²) in [5, 5.41) is 0. The maximum Gasteiger partial charge on any atom is 0.217 e. The highest BCUT2D eigenvalue weighted by atomic mass is 16.7. The van der Waals surface area contributed by atoms with Crippen LogP contribution in [-0.4, -0.2) is 49.1 Å². The first-order valence-electron chi connectivity index (χ1n) is 6.29. The van der Waals surface area contributed by atoms with Gasteiger partial charge in [-0.05, 0) is 6.07 Å². The van der Waals surface area contributed by atoms with Crippen molar-refractivity contribution in [3.63, 3.8) is 0 Å². The fourth-order valence-corrected chi connectivity index (χ4v) is 2.66. The molecule has 0 amide bonds. The molecule has 0 unspecified atom stereocenters. The zero-order valence-corrected chi connectivity index (χ0v) is 10.6. The van der Waals surface area contributed by atoms with Crippen LogP contribution in [-0.2, 0) is 16.0 Å². The van der Waals surface area contributed by atoms with Crippen LogP contribution in [0.2, 0.25) is 0 Å². The molecule has 0 N–H and O–H groups in total. The number of pyridine rings is 1. The highest BCUT2D eigenvalue weighted by Crippen LogP contribution is 2.31. The SMILES string of the molecule is COc1ncccc1CN1CCC2(C1)OCCO2. The van der Waals surface area contributed by atoms with Crippen molar-refractivity contribution >= 4 is 0 Å². The summed E-state index contributed by atoms with van der Waals surface area (Å²) in [6.45, 7) is 4.06. The van der Waals surface area contributed by atoms with Crippen LogP contribution in [0.25, 0.3) is 0 Å². The Labute approximate surface area is 107 Å². The van der Waals surface area contributed by atoms with Gasteiger partial charge < -0.3 is 14.2 Å². The first-order valence-corrected chi connectivity index (χ1v) is 6.29. The molecule has 98 valence electrons. The van der Waals surface area contributed by atoms with Crippen molar-refractivity contribution in [2.24, 2.45) is 0 Å². The van der Waals surface area contributed by atoms with Gasteiger partial charge in [-0.3, -0.25) is 4.90 Å². The van der Waals surface area contributed by atoms with E-state index < -0.39 is 0 Å². The van der Waals surface area contributed by atoms with Gasteiger partial charge in [-0.1, -0.05) is 6.07 Å². The number of likely N-dealkylation sites (tertiary alicyclic amines) is 1. The van der Waals surface area contributed by atoms with E-state index in [0.29, 0.717) is 19.1 Å². The monoisotopic (exact) mass is 250 g/mol. The third kappa shape index (κ3) is 2.21. The molecule has 5 heteroatoms. The normalized spacial score (nSPS) is 22.7. The van der Waals surface area contributed by atoms with E-state index in [1.54, 1.807) is 13.3 Å². The van der Waals surface area contributed by atoms with Gasteiger partial charge >= 0.3 is 0 Å². The van der Waals surface area contributed by atoms with Gasteiger partial charge in [0.25, 0.3) is 0 Å². The molecule has 0 bridgehead atoms. The molecule has 2 aliphatic rings. The topological polar surface area (TPSA) is 43.8 Å². The number of hydrogen-bond donors (Lipinski definition) is 0. The zero-order valence-electron chi connectivity index (χ0n) is 10.6. The Hall–Kier alpha value is -1.17. The molecular weight excluding hydrogens is 232 g/mol. The molecule has 18 heavy (non-hydrogen) atoms. The molecule has 2 aliphatic heterocycles. The van der Waals surface area contributed by atoms with E-state index in [1.165, 1.54) is 0 Å². The van der Waals surface area contributed by atoms with Crippen molar-refractivity contribution in [3.8, 4) is 5.88 Å². The molecule has 2 fully saturated rings. The first-order chi connectivity index (χ1) is 8.81. The maximum atomic E-state index is 5.72. The molecule has 3 heterocycles. The van der Waals surface area contributed by atoms with Gasteiger partial charge in [0, 0.05) is 31.3 Å². The second kappa shape index (κ2) is 4.84. The fraction of sp³-hybridized carbons (Fsp3) is 0.615. The number of ether oxygens (including phenoxy) is 3. The fourth-order valence-electron chi connectivity index (χ4n) is 2.66. The minimum atomic E-state index is -0.352. The minimum absolute atomic E-state index is 0.352. The Morgan fingerprint density at radius 1 is 1.44 bits per heavy atom. The highest BCUT2D eigenvalue weighted by molar-refractivity contribution is 5.25. The van der Waals surface area contributed by atoms with E-state index in [2.05, 4.69) is 9.88 Å². The summed E-state index contributed by atoms with van der Waals surface area (Å²) in [4.78, 5) is 6.54. The van der Waals surface area contributed by atoms with Crippen molar-refractivity contribution in [3.05, 3.63) is 23.9 Å². The number of rotatable bonds is 3. The summed E-state index contributed by atoms with van der Waals surface area (Å²) in [6, 6.07) is 3.99. The summed E-state index contributed by atoms with van der Waals surface area (Å²) in [7, 11) is 1.65. The average Bonchev–Trinajstić information content (AvgIpc) is 3.01. The van der Waals surface area contributed by atoms with Gasteiger partial charge in [-0.25, -0.2) is 4.98 Å². The molecule has 1 aromatic rings. The molecule has 5 nitrogen and oxygen atoms in total.